The van der Waals surface area contributed by atoms with E-state index in [-0.39, 0.29) is 0 Å². The van der Waals surface area contributed by atoms with Crippen molar-refractivity contribution < 1.29 is 4.58 Å². The van der Waals surface area contributed by atoms with Crippen LogP contribution in [-0.2, 0) is 0 Å². The van der Waals surface area contributed by atoms with E-state index in [1.165, 1.54) is 22.5 Å². The van der Waals surface area contributed by atoms with Gasteiger partial charge in [-0.15, -0.1) is 0 Å². The Morgan fingerprint density at radius 3 is 2.24 bits per heavy atom. The quantitative estimate of drug-likeness (QED) is 0.262. The predicted molar refractivity (Wildman–Crippen MR) is 136 cm³/mol. The summed E-state index contributed by atoms with van der Waals surface area (Å²) in [5.41, 5.74) is 4.85. The van der Waals surface area contributed by atoms with E-state index >= 15 is 0 Å². The number of anilines is 1. The van der Waals surface area contributed by atoms with Crippen molar-refractivity contribution in [3.63, 3.8) is 0 Å². The number of benzene rings is 1. The Bertz CT molecular complexity index is 876. The van der Waals surface area contributed by atoms with E-state index in [4.69, 9.17) is 0 Å². The molecular weight excluding hydrogens is 488 g/mol. The Morgan fingerprint density at radius 1 is 0.931 bits per heavy atom. The van der Waals surface area contributed by atoms with E-state index in [1.807, 2.05) is 0 Å². The van der Waals surface area contributed by atoms with Crippen LogP contribution in [0.15, 0.2) is 75.3 Å². The first-order chi connectivity index (χ1) is 14.0. The molecule has 1 aromatic rings. The number of hydrogen-bond acceptors (Lipinski definition) is 1. The summed E-state index contributed by atoms with van der Waals surface area (Å²) in [5.74, 6) is 0. The lowest BCUT2D eigenvalue weighted by molar-refractivity contribution is -0.519. The first kappa shape index (κ1) is 23.6. The zero-order chi connectivity index (χ0) is 21.2. The summed E-state index contributed by atoms with van der Waals surface area (Å²) in [6.45, 7) is 12.8. The van der Waals surface area contributed by atoms with Gasteiger partial charge in [-0.1, -0.05) is 52.4 Å². The minimum absolute atomic E-state index is 1.02. The summed E-state index contributed by atoms with van der Waals surface area (Å²) in [5, 5.41) is 0. The molecule has 0 spiro atoms. The van der Waals surface area contributed by atoms with Gasteiger partial charge in [-0.05, 0) is 73.0 Å². The molecule has 0 fully saturated rings. The molecule has 0 saturated heterocycles. The van der Waals surface area contributed by atoms with Gasteiger partial charge < -0.3 is 4.90 Å². The molecule has 0 atom stereocenters. The van der Waals surface area contributed by atoms with Gasteiger partial charge in [-0.3, -0.25) is 0 Å². The second-order valence-electron chi connectivity index (χ2n) is 6.67. The van der Waals surface area contributed by atoms with Crippen LogP contribution in [0.3, 0.4) is 0 Å². The Morgan fingerprint density at radius 2 is 1.66 bits per heavy atom. The Labute approximate surface area is 193 Å². The molecule has 29 heavy (non-hydrogen) atoms. The number of hydrogen-bond donors (Lipinski definition) is 0. The number of nitrogens with zero attached hydrogens (tertiary/aromatic N) is 2. The molecule has 1 aliphatic carbocycles. The summed E-state index contributed by atoms with van der Waals surface area (Å²) < 4.78 is 4.58. The van der Waals surface area contributed by atoms with Crippen LogP contribution in [0.5, 0.6) is 0 Å². The molecule has 0 bridgehead atoms. The van der Waals surface area contributed by atoms with Crippen molar-refractivity contribution in [1.29, 1.82) is 0 Å². The number of halogens is 2. The fourth-order valence-electron chi connectivity index (χ4n) is 3.26. The van der Waals surface area contributed by atoms with Crippen LogP contribution in [-0.4, -0.2) is 36.5 Å². The highest BCUT2D eigenvalue weighted by Gasteiger charge is 2.12. The summed E-state index contributed by atoms with van der Waals surface area (Å²) in [6, 6.07) is 6.53. The maximum Gasteiger partial charge on any atom is 0.201 e. The fourth-order valence-corrected chi connectivity index (χ4v) is 4.25. The van der Waals surface area contributed by atoms with Gasteiger partial charge in [0.05, 0.1) is 0 Å². The third-order valence-corrected chi connectivity index (χ3v) is 6.37. The first-order valence-corrected chi connectivity index (χ1v) is 11.9. The lowest BCUT2D eigenvalue weighted by Crippen LogP contribution is -2.21. The second kappa shape index (κ2) is 12.1. The van der Waals surface area contributed by atoms with Gasteiger partial charge in [-0.25, -0.2) is 4.58 Å². The third-order valence-electron chi connectivity index (χ3n) is 5.00. The van der Waals surface area contributed by atoms with Gasteiger partial charge in [0, 0.05) is 39.9 Å². The van der Waals surface area contributed by atoms with Crippen LogP contribution in [0, 0.1) is 0 Å². The molecule has 4 heteroatoms. The van der Waals surface area contributed by atoms with Crippen molar-refractivity contribution in [3.8, 4) is 0 Å². The van der Waals surface area contributed by atoms with Crippen LogP contribution in [0.4, 0.5) is 5.69 Å². The van der Waals surface area contributed by atoms with Gasteiger partial charge in [0.2, 0.25) is 5.71 Å². The molecular formula is C25H31Br2N2+. The summed E-state index contributed by atoms with van der Waals surface area (Å²) >= 11 is 7.40. The van der Waals surface area contributed by atoms with E-state index < -0.39 is 0 Å². The lowest BCUT2D eigenvalue weighted by atomic mass is 10.1. The zero-order valence-electron chi connectivity index (χ0n) is 17.8. The molecule has 0 aliphatic heterocycles. The minimum atomic E-state index is 1.02. The van der Waals surface area contributed by atoms with Crippen molar-refractivity contribution in [2.24, 2.45) is 0 Å². The van der Waals surface area contributed by atoms with E-state index in [0.29, 0.717) is 0 Å². The van der Waals surface area contributed by atoms with Gasteiger partial charge in [0.1, 0.15) is 13.1 Å². The molecule has 0 N–H and O–H groups in total. The molecule has 0 radical (unpaired) electrons. The van der Waals surface area contributed by atoms with Gasteiger partial charge in [0.15, 0.2) is 0 Å². The van der Waals surface area contributed by atoms with Crippen molar-refractivity contribution in [3.05, 3.63) is 80.8 Å². The van der Waals surface area contributed by atoms with Crippen molar-refractivity contribution in [2.75, 3.05) is 31.1 Å². The van der Waals surface area contributed by atoms with E-state index in [1.54, 1.807) is 0 Å². The van der Waals surface area contributed by atoms with Gasteiger partial charge in [-0.2, -0.15) is 0 Å². The Balaban J connectivity index is 2.05. The normalized spacial score (nSPS) is 15.6. The van der Waals surface area contributed by atoms with Gasteiger partial charge in [0.25, 0.3) is 0 Å². The van der Waals surface area contributed by atoms with E-state index in [0.717, 1.165) is 35.1 Å². The highest BCUT2D eigenvalue weighted by molar-refractivity contribution is 9.12. The van der Waals surface area contributed by atoms with Crippen LogP contribution < -0.4 is 4.90 Å². The monoisotopic (exact) mass is 517 g/mol. The smallest absolute Gasteiger partial charge is 0.201 e. The highest BCUT2D eigenvalue weighted by atomic mass is 79.9. The Kier molecular flexibility index (Phi) is 9.89. The molecule has 0 aromatic heterocycles. The first-order valence-electron chi connectivity index (χ1n) is 10.3. The SMILES string of the molecule is CCN(CC)c1ccc(/C=C/C=C/C=C2\C=CC(=[N+](CC)CC)C=C2Br)c(Br)c1. The largest absolute Gasteiger partial charge is 0.372 e. The molecule has 0 unspecified atom stereocenters. The molecule has 2 nitrogen and oxygen atoms in total. The topological polar surface area (TPSA) is 6.25 Å². The molecule has 0 saturated carbocycles. The second-order valence-corrected chi connectivity index (χ2v) is 8.38. The van der Waals surface area contributed by atoms with Crippen molar-refractivity contribution >= 4 is 49.3 Å². The molecule has 154 valence electrons. The Hall–Kier alpha value is -1.65. The minimum Gasteiger partial charge on any atom is -0.372 e. The molecule has 0 amide bonds. The van der Waals surface area contributed by atoms with Crippen LogP contribution in [0.1, 0.15) is 33.3 Å². The zero-order valence-corrected chi connectivity index (χ0v) is 21.0. The summed E-state index contributed by atoms with van der Waals surface area (Å²) in [6.07, 6.45) is 17.0. The summed E-state index contributed by atoms with van der Waals surface area (Å²) in [7, 11) is 0. The average molecular weight is 519 g/mol. The van der Waals surface area contributed by atoms with Crippen molar-refractivity contribution in [2.45, 2.75) is 27.7 Å². The van der Waals surface area contributed by atoms with Gasteiger partial charge >= 0.3 is 0 Å². The van der Waals surface area contributed by atoms with E-state index in [2.05, 4.69) is 136 Å². The highest BCUT2D eigenvalue weighted by Crippen LogP contribution is 2.25. The predicted octanol–water partition coefficient (Wildman–Crippen LogP) is 7.13. The molecule has 2 rings (SSSR count). The van der Waals surface area contributed by atoms with Crippen molar-refractivity contribution in [1.82, 2.24) is 0 Å². The maximum atomic E-state index is 3.70. The lowest BCUT2D eigenvalue weighted by Gasteiger charge is -2.21. The van der Waals surface area contributed by atoms with Crippen LogP contribution in [0.25, 0.3) is 6.08 Å². The van der Waals surface area contributed by atoms with Crippen LogP contribution >= 0.6 is 31.9 Å². The third kappa shape index (κ3) is 6.68. The fraction of sp³-hybridized carbons (Fsp3) is 0.320. The summed E-state index contributed by atoms with van der Waals surface area (Å²) in [4.78, 5) is 2.34. The molecule has 1 aromatic carbocycles. The standard InChI is InChI=1S/C25H31Br2N2/c1-5-28(6-2)22-16-14-20(24(26)18-22)12-10-9-11-13-21-15-17-23(19-25(21)27)29(7-3)8-4/h9-19H,5-8H2,1-4H3/q+1. The molecule has 0 heterocycles. The average Bonchev–Trinajstić information content (AvgIpc) is 2.72. The number of allylic oxidation sites excluding steroid dienone is 9. The molecule has 1 aliphatic rings. The maximum absolute atomic E-state index is 3.70. The number of rotatable bonds is 8. The van der Waals surface area contributed by atoms with E-state index in [9.17, 15) is 0 Å². The van der Waals surface area contributed by atoms with Crippen LogP contribution in [0.2, 0.25) is 0 Å².